The van der Waals surface area contributed by atoms with Gasteiger partial charge in [-0.3, -0.25) is 0 Å². The van der Waals surface area contributed by atoms with Crippen molar-refractivity contribution < 1.29 is 3.47 Å². The van der Waals surface area contributed by atoms with E-state index >= 15 is 0 Å². The van der Waals surface area contributed by atoms with Crippen LogP contribution in [0.15, 0.2) is 0 Å². The van der Waals surface area contributed by atoms with Crippen LogP contribution in [-0.4, -0.2) is 24.8 Å². The molecule has 0 aromatic heterocycles. The second-order valence-electron chi connectivity index (χ2n) is 1.32. The predicted molar refractivity (Wildman–Crippen MR) is 27.7 cm³/mol. The molecular weight excluding hydrogens is 192 g/mol. The average molecular weight is 202 g/mol. The molecule has 0 aromatic rings. The Balaban J connectivity index is 2.75. The molecule has 2 heteroatoms. The molecule has 1 N–H and O–H groups in total. The average Bonchev–Trinajstić information content (AvgIpc) is 1.65. The van der Waals surface area contributed by atoms with Crippen molar-refractivity contribution in [1.82, 2.24) is 0 Å². The molecule has 1 unspecified atom stereocenters. The summed E-state index contributed by atoms with van der Waals surface area (Å²) in [5.74, 6) is 0. The van der Waals surface area contributed by atoms with Crippen LogP contribution in [0, 0.1) is 0 Å². The normalized spacial score (nSPS) is 14.5. The van der Waals surface area contributed by atoms with Crippen molar-refractivity contribution in [3.63, 3.8) is 0 Å². The van der Waals surface area contributed by atoms with E-state index < -0.39 is 21.3 Å². The Hall–Kier alpha value is 0.750. The minimum absolute atomic E-state index is 0.598. The summed E-state index contributed by atoms with van der Waals surface area (Å²) in [6.07, 6.45) is 1.14. The third-order valence-electron chi connectivity index (χ3n) is 0.755. The molecule has 0 amide bonds. The van der Waals surface area contributed by atoms with E-state index in [1.54, 1.807) is 0 Å². The van der Waals surface area contributed by atoms with Crippen LogP contribution >= 0.6 is 0 Å². The summed E-state index contributed by atoms with van der Waals surface area (Å²) in [4.78, 5) is 0. The van der Waals surface area contributed by atoms with Gasteiger partial charge >= 0.3 is 49.0 Å². The van der Waals surface area contributed by atoms with Crippen LogP contribution in [0.25, 0.3) is 0 Å². The third-order valence-corrected chi connectivity index (χ3v) is 2.73. The fourth-order valence-corrected chi connectivity index (χ4v) is 0.500. The summed E-state index contributed by atoms with van der Waals surface area (Å²) in [5, 5.41) is 0. The second-order valence-corrected chi connectivity index (χ2v) is 4.22. The summed E-state index contributed by atoms with van der Waals surface area (Å²) in [5.41, 5.74) is 0. The molecule has 0 aliphatic rings. The Labute approximate surface area is 49.4 Å². The van der Waals surface area contributed by atoms with Gasteiger partial charge in [-0.15, -0.1) is 0 Å². The van der Waals surface area contributed by atoms with E-state index in [2.05, 4.69) is 13.8 Å². The Morgan fingerprint density at radius 3 is 2.33 bits per heavy atom. The van der Waals surface area contributed by atoms with Crippen LogP contribution in [0.4, 0.5) is 0 Å². The van der Waals surface area contributed by atoms with Gasteiger partial charge in [0, 0.05) is 0 Å². The van der Waals surface area contributed by atoms with E-state index in [1.807, 2.05) is 0 Å². The molecule has 0 saturated heterocycles. The first-order chi connectivity index (χ1) is 2.81. The minimum atomic E-state index is -0.598. The van der Waals surface area contributed by atoms with Crippen LogP contribution in [0.2, 0.25) is 3.97 Å². The zero-order valence-corrected chi connectivity index (χ0v) is 6.47. The number of hydrogen-bond donors (Lipinski definition) is 1. The molecule has 0 rings (SSSR count). The standard InChI is InChI=1S/C4H10OTe/c1-3-4(2)6-5/h4-5H,3H2,1-2H3. The molecular formula is C4H10OTe. The van der Waals surface area contributed by atoms with Gasteiger partial charge in [-0.25, -0.2) is 0 Å². The zero-order chi connectivity index (χ0) is 4.99. The molecule has 0 aromatic carbocycles. The van der Waals surface area contributed by atoms with E-state index in [0.29, 0.717) is 3.97 Å². The Morgan fingerprint density at radius 2 is 2.33 bits per heavy atom. The Kier molecular flexibility index (Phi) is 4.41. The molecule has 0 spiro atoms. The van der Waals surface area contributed by atoms with Crippen molar-refractivity contribution in [3.05, 3.63) is 0 Å². The maximum absolute atomic E-state index is 8.46. The summed E-state index contributed by atoms with van der Waals surface area (Å²) >= 11 is -0.598. The summed E-state index contributed by atoms with van der Waals surface area (Å²) in [6, 6.07) is 0. The quantitative estimate of drug-likeness (QED) is 0.656. The molecule has 0 aliphatic heterocycles. The first kappa shape index (κ1) is 6.75. The fourth-order valence-electron chi connectivity index (χ4n) is 0.0745. The number of hydrogen-bond acceptors (Lipinski definition) is 1. The summed E-state index contributed by atoms with van der Waals surface area (Å²) in [7, 11) is 0. The van der Waals surface area contributed by atoms with Gasteiger partial charge in [0.2, 0.25) is 0 Å². The molecule has 0 heterocycles. The molecule has 1 nitrogen and oxygen atoms in total. The van der Waals surface area contributed by atoms with Gasteiger partial charge in [-0.2, -0.15) is 0 Å². The topological polar surface area (TPSA) is 20.2 Å². The van der Waals surface area contributed by atoms with Crippen LogP contribution in [-0.2, 0) is 0 Å². The van der Waals surface area contributed by atoms with E-state index in [9.17, 15) is 0 Å². The first-order valence-corrected chi connectivity index (χ1v) is 4.50. The van der Waals surface area contributed by atoms with Crippen molar-refractivity contribution >= 4 is 21.3 Å². The van der Waals surface area contributed by atoms with Crippen molar-refractivity contribution in [2.24, 2.45) is 0 Å². The van der Waals surface area contributed by atoms with Gasteiger partial charge in [-0.05, 0) is 0 Å². The van der Waals surface area contributed by atoms with Crippen molar-refractivity contribution in [2.75, 3.05) is 0 Å². The molecule has 1 atom stereocenters. The van der Waals surface area contributed by atoms with Crippen LogP contribution < -0.4 is 0 Å². The van der Waals surface area contributed by atoms with Gasteiger partial charge in [0.05, 0.1) is 0 Å². The molecule has 0 saturated carbocycles. The summed E-state index contributed by atoms with van der Waals surface area (Å²) in [6.45, 7) is 4.19. The van der Waals surface area contributed by atoms with Gasteiger partial charge in [-0.1, -0.05) is 0 Å². The van der Waals surface area contributed by atoms with Gasteiger partial charge in [0.25, 0.3) is 0 Å². The third kappa shape index (κ3) is 2.96. The van der Waals surface area contributed by atoms with Crippen LogP contribution in [0.3, 0.4) is 0 Å². The van der Waals surface area contributed by atoms with Gasteiger partial charge < -0.3 is 0 Å². The van der Waals surface area contributed by atoms with E-state index in [1.165, 1.54) is 0 Å². The first-order valence-electron chi connectivity index (χ1n) is 2.11. The molecule has 0 fully saturated rings. The van der Waals surface area contributed by atoms with E-state index in [-0.39, 0.29) is 0 Å². The van der Waals surface area contributed by atoms with Crippen LogP contribution in [0.5, 0.6) is 0 Å². The Morgan fingerprint density at radius 1 is 1.83 bits per heavy atom. The monoisotopic (exact) mass is 204 g/mol. The maximum atomic E-state index is 8.46. The van der Waals surface area contributed by atoms with E-state index in [0.717, 1.165) is 6.42 Å². The van der Waals surface area contributed by atoms with Crippen molar-refractivity contribution in [1.29, 1.82) is 0 Å². The molecule has 0 aliphatic carbocycles. The number of rotatable bonds is 2. The molecule has 38 valence electrons. The van der Waals surface area contributed by atoms with Gasteiger partial charge in [0.15, 0.2) is 0 Å². The second kappa shape index (κ2) is 3.92. The zero-order valence-electron chi connectivity index (χ0n) is 4.14. The molecule has 0 radical (unpaired) electrons. The molecule has 0 bridgehead atoms. The fraction of sp³-hybridized carbons (Fsp3) is 1.00. The summed E-state index contributed by atoms with van der Waals surface area (Å²) < 4.78 is 9.09. The predicted octanol–water partition coefficient (Wildman–Crippen LogP) is 0.816. The van der Waals surface area contributed by atoms with Gasteiger partial charge in [0.1, 0.15) is 0 Å². The van der Waals surface area contributed by atoms with E-state index in [4.69, 9.17) is 3.47 Å². The van der Waals surface area contributed by atoms with Crippen molar-refractivity contribution in [3.8, 4) is 0 Å². The molecule has 6 heavy (non-hydrogen) atoms. The van der Waals surface area contributed by atoms with Crippen molar-refractivity contribution in [2.45, 2.75) is 24.2 Å². The SMILES string of the molecule is CCC(C)[Te]O. The van der Waals surface area contributed by atoms with Crippen LogP contribution in [0.1, 0.15) is 20.3 Å². The Bertz CT molecular complexity index is 26.7.